The topological polar surface area (TPSA) is 98.8 Å². The Balaban J connectivity index is 1.33. The second-order valence-electron chi connectivity index (χ2n) is 7.52. The van der Waals surface area contributed by atoms with Crippen molar-refractivity contribution in [3.63, 3.8) is 0 Å². The molecule has 0 bridgehead atoms. The summed E-state index contributed by atoms with van der Waals surface area (Å²) in [5, 5.41) is 2.85. The lowest BCUT2D eigenvalue weighted by atomic mass is 10.2. The SMILES string of the molecule is COc1cc(NC(=O)N2CCN(C(=O)[C@H]3COc4ccccc4O3)CC2)cc(OC)c1OC. The highest BCUT2D eigenvalue weighted by Gasteiger charge is 2.33. The Labute approximate surface area is 191 Å². The Morgan fingerprint density at radius 3 is 2.12 bits per heavy atom. The molecule has 10 heteroatoms. The van der Waals surface area contributed by atoms with E-state index in [1.54, 1.807) is 34.1 Å². The second kappa shape index (κ2) is 9.76. The van der Waals surface area contributed by atoms with Crippen LogP contribution in [-0.2, 0) is 4.79 Å². The van der Waals surface area contributed by atoms with Crippen molar-refractivity contribution in [3.05, 3.63) is 36.4 Å². The number of amides is 3. The number of carbonyl (C=O) groups excluding carboxylic acids is 2. The van der Waals surface area contributed by atoms with Gasteiger partial charge in [-0.3, -0.25) is 4.79 Å². The molecule has 1 atom stereocenters. The van der Waals surface area contributed by atoms with Crippen LogP contribution in [0.5, 0.6) is 28.7 Å². The number of ether oxygens (including phenoxy) is 5. The average molecular weight is 457 g/mol. The van der Waals surface area contributed by atoms with Crippen molar-refractivity contribution < 1.29 is 33.3 Å². The van der Waals surface area contributed by atoms with Crippen LogP contribution in [0.3, 0.4) is 0 Å². The fourth-order valence-corrected chi connectivity index (χ4v) is 3.83. The van der Waals surface area contributed by atoms with Crippen molar-refractivity contribution in [2.24, 2.45) is 0 Å². The number of para-hydroxylation sites is 2. The molecule has 0 spiro atoms. The smallest absolute Gasteiger partial charge is 0.321 e. The highest BCUT2D eigenvalue weighted by Crippen LogP contribution is 2.40. The van der Waals surface area contributed by atoms with Gasteiger partial charge in [-0.25, -0.2) is 4.79 Å². The van der Waals surface area contributed by atoms with Crippen LogP contribution in [0.15, 0.2) is 36.4 Å². The average Bonchev–Trinajstić information content (AvgIpc) is 2.87. The zero-order chi connectivity index (χ0) is 23.4. The van der Waals surface area contributed by atoms with E-state index in [0.29, 0.717) is 60.6 Å². The second-order valence-corrected chi connectivity index (χ2v) is 7.52. The Hall–Kier alpha value is -3.82. The molecule has 10 nitrogen and oxygen atoms in total. The highest BCUT2D eigenvalue weighted by atomic mass is 16.6. The minimum atomic E-state index is -0.695. The van der Waals surface area contributed by atoms with Gasteiger partial charge >= 0.3 is 6.03 Å². The molecule has 1 N–H and O–H groups in total. The summed E-state index contributed by atoms with van der Waals surface area (Å²) >= 11 is 0. The molecule has 0 unspecified atom stereocenters. The van der Waals surface area contributed by atoms with Crippen LogP contribution < -0.4 is 29.0 Å². The minimum Gasteiger partial charge on any atom is -0.493 e. The molecule has 0 aliphatic carbocycles. The van der Waals surface area contributed by atoms with E-state index < -0.39 is 6.10 Å². The first kappa shape index (κ1) is 22.4. The Bertz CT molecular complexity index is 996. The number of piperazine rings is 1. The molecule has 4 rings (SSSR count). The van der Waals surface area contributed by atoms with Gasteiger partial charge in [-0.05, 0) is 12.1 Å². The Morgan fingerprint density at radius 2 is 1.52 bits per heavy atom. The van der Waals surface area contributed by atoms with Crippen LogP contribution in [0.2, 0.25) is 0 Å². The summed E-state index contributed by atoms with van der Waals surface area (Å²) in [4.78, 5) is 29.0. The number of benzene rings is 2. The fraction of sp³-hybridized carbons (Fsp3) is 0.391. The van der Waals surface area contributed by atoms with Gasteiger partial charge in [-0.2, -0.15) is 0 Å². The van der Waals surface area contributed by atoms with Crippen molar-refractivity contribution >= 4 is 17.6 Å². The number of methoxy groups -OCH3 is 3. The molecule has 2 aliphatic rings. The van der Waals surface area contributed by atoms with Gasteiger partial charge in [0.2, 0.25) is 11.9 Å². The number of urea groups is 1. The van der Waals surface area contributed by atoms with Gasteiger partial charge in [0.05, 0.1) is 27.0 Å². The zero-order valence-corrected chi connectivity index (χ0v) is 18.8. The van der Waals surface area contributed by atoms with E-state index in [9.17, 15) is 9.59 Å². The zero-order valence-electron chi connectivity index (χ0n) is 18.8. The van der Waals surface area contributed by atoms with Crippen LogP contribution in [0.4, 0.5) is 10.5 Å². The minimum absolute atomic E-state index is 0.144. The predicted molar refractivity (Wildman–Crippen MR) is 120 cm³/mol. The number of nitrogens with one attached hydrogen (secondary N) is 1. The third-order valence-corrected chi connectivity index (χ3v) is 5.58. The van der Waals surface area contributed by atoms with E-state index in [4.69, 9.17) is 23.7 Å². The van der Waals surface area contributed by atoms with E-state index in [-0.39, 0.29) is 18.5 Å². The molecule has 0 aromatic heterocycles. The summed E-state index contributed by atoms with van der Waals surface area (Å²) in [5.74, 6) is 2.38. The number of anilines is 1. The lowest BCUT2D eigenvalue weighted by Gasteiger charge is -2.37. The van der Waals surface area contributed by atoms with Crippen LogP contribution in [0.25, 0.3) is 0 Å². The number of hydrogen-bond acceptors (Lipinski definition) is 7. The van der Waals surface area contributed by atoms with Crippen molar-refractivity contribution in [2.75, 3.05) is 59.4 Å². The first-order valence-electron chi connectivity index (χ1n) is 10.6. The molecule has 1 fully saturated rings. The Kier molecular flexibility index (Phi) is 6.62. The van der Waals surface area contributed by atoms with E-state index in [0.717, 1.165) is 0 Å². The summed E-state index contributed by atoms with van der Waals surface area (Å²) in [6.45, 7) is 1.77. The molecule has 2 heterocycles. The van der Waals surface area contributed by atoms with Crippen LogP contribution in [0.1, 0.15) is 0 Å². The van der Waals surface area contributed by atoms with Crippen molar-refractivity contribution in [2.45, 2.75) is 6.10 Å². The maximum atomic E-state index is 12.9. The lowest BCUT2D eigenvalue weighted by Crippen LogP contribution is -2.55. The molecule has 1 saturated heterocycles. The van der Waals surface area contributed by atoms with Gasteiger partial charge in [-0.15, -0.1) is 0 Å². The number of hydrogen-bond donors (Lipinski definition) is 1. The summed E-state index contributed by atoms with van der Waals surface area (Å²) < 4.78 is 27.4. The van der Waals surface area contributed by atoms with E-state index in [2.05, 4.69) is 5.32 Å². The standard InChI is InChI=1S/C23H27N3O7/c1-29-18-12-15(13-19(30-2)21(18)31-3)24-23(28)26-10-8-25(9-11-26)22(27)20-14-32-16-6-4-5-7-17(16)33-20/h4-7,12-13,20H,8-11,14H2,1-3H3,(H,24,28)/t20-/m1/s1. The van der Waals surface area contributed by atoms with Gasteiger partial charge in [-0.1, -0.05) is 12.1 Å². The predicted octanol–water partition coefficient (Wildman–Crippen LogP) is 2.23. The van der Waals surface area contributed by atoms with Crippen molar-refractivity contribution in [3.8, 4) is 28.7 Å². The van der Waals surface area contributed by atoms with Gasteiger partial charge in [0, 0.05) is 38.3 Å². The monoisotopic (exact) mass is 457 g/mol. The number of carbonyl (C=O) groups is 2. The summed E-state index contributed by atoms with van der Waals surface area (Å²) in [5.41, 5.74) is 0.513. The molecular weight excluding hydrogens is 430 g/mol. The number of rotatable bonds is 5. The molecule has 2 aromatic carbocycles. The van der Waals surface area contributed by atoms with E-state index >= 15 is 0 Å². The first-order chi connectivity index (χ1) is 16.0. The fourth-order valence-electron chi connectivity index (χ4n) is 3.83. The van der Waals surface area contributed by atoms with E-state index in [1.165, 1.54) is 21.3 Å². The molecule has 0 saturated carbocycles. The van der Waals surface area contributed by atoms with E-state index in [1.807, 2.05) is 12.1 Å². The van der Waals surface area contributed by atoms with Crippen molar-refractivity contribution in [1.82, 2.24) is 9.80 Å². The molecular formula is C23H27N3O7. The van der Waals surface area contributed by atoms with Crippen molar-refractivity contribution in [1.29, 1.82) is 0 Å². The normalized spacial score (nSPS) is 17.2. The van der Waals surface area contributed by atoms with Crippen LogP contribution >= 0.6 is 0 Å². The van der Waals surface area contributed by atoms with Gasteiger partial charge in [0.1, 0.15) is 6.61 Å². The van der Waals surface area contributed by atoms with Gasteiger partial charge < -0.3 is 38.8 Å². The summed E-state index contributed by atoms with van der Waals surface area (Å²) in [7, 11) is 4.54. The number of fused-ring (bicyclic) bond motifs is 1. The third-order valence-electron chi connectivity index (χ3n) is 5.58. The maximum Gasteiger partial charge on any atom is 0.321 e. The lowest BCUT2D eigenvalue weighted by molar-refractivity contribution is -0.142. The largest absolute Gasteiger partial charge is 0.493 e. The van der Waals surface area contributed by atoms with Gasteiger partial charge in [0.15, 0.2) is 23.0 Å². The highest BCUT2D eigenvalue weighted by molar-refractivity contribution is 5.90. The quantitative estimate of drug-likeness (QED) is 0.735. The molecule has 33 heavy (non-hydrogen) atoms. The third kappa shape index (κ3) is 4.69. The maximum absolute atomic E-state index is 12.9. The van der Waals surface area contributed by atoms with Crippen LogP contribution in [-0.4, -0.2) is 82.0 Å². The summed E-state index contributed by atoms with van der Waals surface area (Å²) in [6.07, 6.45) is -0.695. The Morgan fingerprint density at radius 1 is 0.909 bits per heavy atom. The molecule has 176 valence electrons. The first-order valence-corrected chi connectivity index (χ1v) is 10.6. The molecule has 0 radical (unpaired) electrons. The van der Waals surface area contributed by atoms with Gasteiger partial charge in [0.25, 0.3) is 5.91 Å². The molecule has 3 amide bonds. The molecule has 2 aliphatic heterocycles. The number of nitrogens with zero attached hydrogens (tertiary/aromatic N) is 2. The molecule has 2 aromatic rings. The van der Waals surface area contributed by atoms with Crippen LogP contribution in [0, 0.1) is 0 Å². The summed E-state index contributed by atoms with van der Waals surface area (Å²) in [6, 6.07) is 10.3.